The van der Waals surface area contributed by atoms with Crippen LogP contribution in [-0.4, -0.2) is 5.11 Å². The first-order chi connectivity index (χ1) is 8.19. The maximum atomic E-state index is 13.2. The first-order valence-electron chi connectivity index (χ1n) is 5.78. The number of halogens is 1. The van der Waals surface area contributed by atoms with Crippen molar-refractivity contribution < 1.29 is 9.50 Å². The molecule has 0 unspecified atom stereocenters. The summed E-state index contributed by atoms with van der Waals surface area (Å²) in [6, 6.07) is 12.1. The number of hydrogen-bond donors (Lipinski definition) is 1. The van der Waals surface area contributed by atoms with Crippen molar-refractivity contribution >= 4 is 0 Å². The molecule has 0 aliphatic carbocycles. The predicted molar refractivity (Wildman–Crippen MR) is 67.5 cm³/mol. The zero-order valence-corrected chi connectivity index (χ0v) is 9.78. The summed E-state index contributed by atoms with van der Waals surface area (Å²) < 4.78 is 13.2. The molecule has 2 heteroatoms. The number of benzene rings is 2. The lowest BCUT2D eigenvalue weighted by molar-refractivity contribution is 0.469. The minimum atomic E-state index is -0.419. The molecule has 2 rings (SSSR count). The standard InChI is InChI=1S/C15H15FO/c1-2-3-11-4-6-12(7-5-11)13-8-14(16)10-15(17)9-13/h4-10,17H,2-3H2,1H3. The Morgan fingerprint density at radius 2 is 1.71 bits per heavy atom. The van der Waals surface area contributed by atoms with Crippen LogP contribution in [0.25, 0.3) is 11.1 Å². The lowest BCUT2D eigenvalue weighted by atomic mass is 10.0. The van der Waals surface area contributed by atoms with Gasteiger partial charge >= 0.3 is 0 Å². The molecule has 88 valence electrons. The fourth-order valence-electron chi connectivity index (χ4n) is 1.89. The first kappa shape index (κ1) is 11.6. The van der Waals surface area contributed by atoms with Crippen molar-refractivity contribution in [3.63, 3.8) is 0 Å². The third kappa shape index (κ3) is 2.84. The van der Waals surface area contributed by atoms with Crippen LogP contribution < -0.4 is 0 Å². The average Bonchev–Trinajstić information content (AvgIpc) is 2.29. The summed E-state index contributed by atoms with van der Waals surface area (Å²) in [7, 11) is 0. The summed E-state index contributed by atoms with van der Waals surface area (Å²) in [5.41, 5.74) is 2.89. The number of rotatable bonds is 3. The molecule has 0 heterocycles. The van der Waals surface area contributed by atoms with Crippen molar-refractivity contribution in [2.24, 2.45) is 0 Å². The van der Waals surface area contributed by atoms with E-state index in [0.29, 0.717) is 5.56 Å². The molecule has 0 radical (unpaired) electrons. The number of phenolic OH excluding ortho intramolecular Hbond substituents is 1. The van der Waals surface area contributed by atoms with E-state index in [0.717, 1.165) is 24.5 Å². The van der Waals surface area contributed by atoms with Crippen LogP contribution in [0.3, 0.4) is 0 Å². The number of phenols is 1. The van der Waals surface area contributed by atoms with Gasteiger partial charge in [-0.2, -0.15) is 0 Å². The zero-order valence-electron chi connectivity index (χ0n) is 9.78. The van der Waals surface area contributed by atoms with E-state index in [9.17, 15) is 9.50 Å². The molecule has 0 spiro atoms. The molecule has 0 fully saturated rings. The van der Waals surface area contributed by atoms with E-state index in [2.05, 4.69) is 6.92 Å². The van der Waals surface area contributed by atoms with Gasteiger partial charge in [-0.15, -0.1) is 0 Å². The lowest BCUT2D eigenvalue weighted by Gasteiger charge is -2.05. The normalized spacial score (nSPS) is 10.5. The lowest BCUT2D eigenvalue weighted by Crippen LogP contribution is -1.84. The van der Waals surface area contributed by atoms with E-state index < -0.39 is 5.82 Å². The highest BCUT2D eigenvalue weighted by atomic mass is 19.1. The molecule has 0 aliphatic rings. The number of hydrogen-bond acceptors (Lipinski definition) is 1. The van der Waals surface area contributed by atoms with Gasteiger partial charge in [0.1, 0.15) is 11.6 Å². The smallest absolute Gasteiger partial charge is 0.127 e. The number of aryl methyl sites for hydroxylation is 1. The Balaban J connectivity index is 2.32. The topological polar surface area (TPSA) is 20.2 Å². The van der Waals surface area contributed by atoms with E-state index in [1.165, 1.54) is 11.6 Å². The van der Waals surface area contributed by atoms with Gasteiger partial charge in [0.15, 0.2) is 0 Å². The van der Waals surface area contributed by atoms with Crippen LogP contribution in [0.4, 0.5) is 4.39 Å². The fourth-order valence-corrected chi connectivity index (χ4v) is 1.89. The molecule has 1 nitrogen and oxygen atoms in total. The number of aromatic hydroxyl groups is 1. The molecule has 2 aromatic rings. The van der Waals surface area contributed by atoms with E-state index in [1.54, 1.807) is 6.07 Å². The SMILES string of the molecule is CCCc1ccc(-c2cc(O)cc(F)c2)cc1. The summed E-state index contributed by atoms with van der Waals surface area (Å²) in [5.74, 6) is -0.463. The Bertz CT molecular complexity index is 483. The van der Waals surface area contributed by atoms with Gasteiger partial charge in [-0.05, 0) is 35.2 Å². The van der Waals surface area contributed by atoms with E-state index in [4.69, 9.17) is 0 Å². The Kier molecular flexibility index (Phi) is 3.43. The second-order valence-electron chi connectivity index (χ2n) is 4.15. The summed E-state index contributed by atoms with van der Waals surface area (Å²) >= 11 is 0. The Hall–Kier alpha value is -1.83. The molecule has 0 amide bonds. The monoisotopic (exact) mass is 230 g/mol. The highest BCUT2D eigenvalue weighted by molar-refractivity contribution is 5.65. The van der Waals surface area contributed by atoms with Crippen LogP contribution in [0.15, 0.2) is 42.5 Å². The maximum Gasteiger partial charge on any atom is 0.127 e. The van der Waals surface area contributed by atoms with Crippen LogP contribution in [0.1, 0.15) is 18.9 Å². The van der Waals surface area contributed by atoms with E-state index in [-0.39, 0.29) is 5.75 Å². The predicted octanol–water partition coefficient (Wildman–Crippen LogP) is 4.15. The maximum absolute atomic E-state index is 13.2. The van der Waals surface area contributed by atoms with Crippen LogP contribution in [0, 0.1) is 5.82 Å². The molecular formula is C15H15FO. The second-order valence-corrected chi connectivity index (χ2v) is 4.15. The minimum absolute atomic E-state index is 0.0439. The molecule has 0 bridgehead atoms. The van der Waals surface area contributed by atoms with Gasteiger partial charge in [-0.3, -0.25) is 0 Å². The summed E-state index contributed by atoms with van der Waals surface area (Å²) in [4.78, 5) is 0. The van der Waals surface area contributed by atoms with E-state index >= 15 is 0 Å². The van der Waals surface area contributed by atoms with Crippen molar-refractivity contribution in [3.05, 3.63) is 53.8 Å². The Morgan fingerprint density at radius 1 is 1.00 bits per heavy atom. The second kappa shape index (κ2) is 5.00. The molecule has 0 atom stereocenters. The van der Waals surface area contributed by atoms with Crippen molar-refractivity contribution in [2.75, 3.05) is 0 Å². The van der Waals surface area contributed by atoms with Gasteiger partial charge in [0.05, 0.1) is 0 Å². The highest BCUT2D eigenvalue weighted by Crippen LogP contribution is 2.25. The van der Waals surface area contributed by atoms with Crippen LogP contribution in [0.2, 0.25) is 0 Å². The van der Waals surface area contributed by atoms with Gasteiger partial charge in [0.25, 0.3) is 0 Å². The quantitative estimate of drug-likeness (QED) is 0.839. The largest absolute Gasteiger partial charge is 0.508 e. The fraction of sp³-hybridized carbons (Fsp3) is 0.200. The van der Waals surface area contributed by atoms with Crippen molar-refractivity contribution in [2.45, 2.75) is 19.8 Å². The first-order valence-corrected chi connectivity index (χ1v) is 5.78. The molecule has 0 aromatic heterocycles. The molecule has 0 saturated carbocycles. The molecule has 2 aromatic carbocycles. The highest BCUT2D eigenvalue weighted by Gasteiger charge is 2.02. The minimum Gasteiger partial charge on any atom is -0.508 e. The van der Waals surface area contributed by atoms with Gasteiger partial charge in [-0.1, -0.05) is 37.6 Å². The summed E-state index contributed by atoms with van der Waals surface area (Å²) in [6.45, 7) is 2.14. The van der Waals surface area contributed by atoms with Crippen molar-refractivity contribution in [1.29, 1.82) is 0 Å². The molecule has 17 heavy (non-hydrogen) atoms. The third-order valence-electron chi connectivity index (χ3n) is 2.71. The Labute approximate surface area is 101 Å². The van der Waals surface area contributed by atoms with Crippen LogP contribution in [0.5, 0.6) is 5.75 Å². The van der Waals surface area contributed by atoms with Crippen LogP contribution in [-0.2, 0) is 6.42 Å². The van der Waals surface area contributed by atoms with Gasteiger partial charge in [-0.25, -0.2) is 4.39 Å². The van der Waals surface area contributed by atoms with E-state index in [1.807, 2.05) is 24.3 Å². The molecule has 1 N–H and O–H groups in total. The van der Waals surface area contributed by atoms with Gasteiger partial charge in [0.2, 0.25) is 0 Å². The average molecular weight is 230 g/mol. The van der Waals surface area contributed by atoms with Crippen molar-refractivity contribution in [1.82, 2.24) is 0 Å². The molecule has 0 saturated heterocycles. The molecule has 0 aliphatic heterocycles. The summed E-state index contributed by atoms with van der Waals surface area (Å²) in [5, 5.41) is 9.35. The zero-order chi connectivity index (χ0) is 12.3. The van der Waals surface area contributed by atoms with Crippen LogP contribution >= 0.6 is 0 Å². The van der Waals surface area contributed by atoms with Gasteiger partial charge in [0, 0.05) is 6.07 Å². The third-order valence-corrected chi connectivity index (χ3v) is 2.71. The van der Waals surface area contributed by atoms with Gasteiger partial charge < -0.3 is 5.11 Å². The van der Waals surface area contributed by atoms with Crippen molar-refractivity contribution in [3.8, 4) is 16.9 Å². The summed E-state index contributed by atoms with van der Waals surface area (Å²) in [6.07, 6.45) is 2.16. The molecular weight excluding hydrogens is 215 g/mol. The Morgan fingerprint density at radius 3 is 2.29 bits per heavy atom.